The van der Waals surface area contributed by atoms with Crippen LogP contribution < -0.4 is 11.1 Å². The van der Waals surface area contributed by atoms with E-state index in [1.54, 1.807) is 4.52 Å². The van der Waals surface area contributed by atoms with E-state index < -0.39 is 5.56 Å². The molecule has 0 saturated heterocycles. The third kappa shape index (κ3) is 2.19. The number of para-hydroxylation sites is 1. The van der Waals surface area contributed by atoms with E-state index in [2.05, 4.69) is 10.2 Å². The van der Waals surface area contributed by atoms with Crippen LogP contribution in [0.25, 0.3) is 65.9 Å². The molecule has 7 nitrogen and oxygen atoms in total. The largest absolute Gasteiger partial charge is 0.456 e. The molecule has 0 atom stereocenters. The van der Waals surface area contributed by atoms with Crippen LogP contribution in [0.4, 0.5) is 0 Å². The Balaban J connectivity index is 1.60. The second-order valence-electron chi connectivity index (χ2n) is 8.62. The fourth-order valence-corrected chi connectivity index (χ4v) is 5.37. The third-order valence-electron chi connectivity index (χ3n) is 6.82. The monoisotopic (exact) mass is 454 g/mol. The van der Waals surface area contributed by atoms with E-state index in [4.69, 9.17) is 4.42 Å². The van der Waals surface area contributed by atoms with Crippen molar-refractivity contribution in [3.05, 3.63) is 106 Å². The van der Waals surface area contributed by atoms with Crippen LogP contribution in [0.2, 0.25) is 0 Å². The summed E-state index contributed by atoms with van der Waals surface area (Å²) in [7, 11) is 0. The van der Waals surface area contributed by atoms with Crippen molar-refractivity contribution in [3.63, 3.8) is 0 Å². The van der Waals surface area contributed by atoms with Crippen molar-refractivity contribution in [1.82, 2.24) is 19.2 Å². The van der Waals surface area contributed by atoms with Crippen molar-refractivity contribution in [2.75, 3.05) is 0 Å². The van der Waals surface area contributed by atoms with E-state index in [1.807, 2.05) is 84.9 Å². The fourth-order valence-electron chi connectivity index (χ4n) is 5.37. The highest BCUT2D eigenvalue weighted by Crippen LogP contribution is 2.38. The summed E-state index contributed by atoms with van der Waals surface area (Å²) in [6, 6.07) is 26.9. The molecule has 0 aliphatic carbocycles. The van der Waals surface area contributed by atoms with E-state index in [0.717, 1.165) is 38.5 Å². The van der Waals surface area contributed by atoms with Gasteiger partial charge in [0.05, 0.1) is 16.4 Å². The van der Waals surface area contributed by atoms with Crippen LogP contribution in [0.5, 0.6) is 0 Å². The quantitative estimate of drug-likeness (QED) is 0.348. The Morgan fingerprint density at radius 3 is 2.20 bits per heavy atom. The number of benzene rings is 4. The lowest BCUT2D eigenvalue weighted by atomic mass is 9.97. The Kier molecular flexibility index (Phi) is 3.31. The number of nitrogens with zero attached hydrogens (tertiary/aromatic N) is 4. The van der Waals surface area contributed by atoms with Crippen molar-refractivity contribution in [3.8, 4) is 11.1 Å². The maximum absolute atomic E-state index is 13.8. The first-order chi connectivity index (χ1) is 17.2. The SMILES string of the molecule is O=c1c2nnc3ccccc3c2n2c3cccc(-c4cccc5oc6ccccc6c45)c3c(=O)n12. The van der Waals surface area contributed by atoms with Gasteiger partial charge >= 0.3 is 5.56 Å². The number of hydrogen-bond donors (Lipinski definition) is 0. The molecule has 35 heavy (non-hydrogen) atoms. The highest BCUT2D eigenvalue weighted by Gasteiger charge is 2.23. The maximum Gasteiger partial charge on any atom is 0.303 e. The Morgan fingerprint density at radius 1 is 0.600 bits per heavy atom. The molecule has 4 aromatic carbocycles. The topological polar surface area (TPSA) is 81.9 Å². The Morgan fingerprint density at radius 2 is 1.31 bits per heavy atom. The second kappa shape index (κ2) is 6.30. The van der Waals surface area contributed by atoms with Gasteiger partial charge in [0.2, 0.25) is 0 Å². The van der Waals surface area contributed by atoms with Gasteiger partial charge in [0.1, 0.15) is 16.7 Å². The zero-order chi connectivity index (χ0) is 23.3. The molecule has 0 spiro atoms. The number of furan rings is 1. The summed E-state index contributed by atoms with van der Waals surface area (Å²) in [4.78, 5) is 27.2. The summed E-state index contributed by atoms with van der Waals surface area (Å²) in [6.45, 7) is 0. The Labute approximate surface area is 195 Å². The average Bonchev–Trinajstić information content (AvgIpc) is 3.53. The average molecular weight is 454 g/mol. The molecular weight excluding hydrogens is 440 g/mol. The van der Waals surface area contributed by atoms with Gasteiger partial charge in [-0.2, -0.15) is 4.52 Å². The molecule has 164 valence electrons. The minimum atomic E-state index is -0.475. The number of fused-ring (bicyclic) bond motifs is 10. The third-order valence-corrected chi connectivity index (χ3v) is 6.82. The highest BCUT2D eigenvalue weighted by atomic mass is 16.3. The molecule has 8 aromatic rings. The van der Waals surface area contributed by atoms with Crippen LogP contribution in [0.15, 0.2) is 98.9 Å². The van der Waals surface area contributed by atoms with Gasteiger partial charge < -0.3 is 4.42 Å². The molecule has 0 amide bonds. The highest BCUT2D eigenvalue weighted by molar-refractivity contribution is 6.15. The molecule has 0 radical (unpaired) electrons. The van der Waals surface area contributed by atoms with E-state index in [0.29, 0.717) is 21.9 Å². The summed E-state index contributed by atoms with van der Waals surface area (Å²) in [5.74, 6) is 0. The second-order valence-corrected chi connectivity index (χ2v) is 8.62. The summed E-state index contributed by atoms with van der Waals surface area (Å²) in [6.07, 6.45) is 0. The number of rotatable bonds is 1. The number of aromatic nitrogens is 4. The minimum absolute atomic E-state index is 0.177. The zero-order valence-electron chi connectivity index (χ0n) is 18.1. The minimum Gasteiger partial charge on any atom is -0.456 e. The van der Waals surface area contributed by atoms with Crippen molar-refractivity contribution >= 4 is 54.8 Å². The van der Waals surface area contributed by atoms with Crippen LogP contribution in [0.1, 0.15) is 0 Å². The molecule has 0 bridgehead atoms. The molecule has 7 heteroatoms. The normalized spacial score (nSPS) is 12.2. The van der Waals surface area contributed by atoms with E-state index in [-0.39, 0.29) is 11.1 Å². The van der Waals surface area contributed by atoms with Crippen LogP contribution >= 0.6 is 0 Å². The van der Waals surface area contributed by atoms with Crippen LogP contribution in [-0.4, -0.2) is 19.2 Å². The van der Waals surface area contributed by atoms with Gasteiger partial charge in [-0.15, -0.1) is 10.2 Å². The summed E-state index contributed by atoms with van der Waals surface area (Å²) < 4.78 is 8.93. The van der Waals surface area contributed by atoms with Gasteiger partial charge in [-0.05, 0) is 35.4 Å². The zero-order valence-corrected chi connectivity index (χ0v) is 18.1. The predicted molar refractivity (Wildman–Crippen MR) is 135 cm³/mol. The van der Waals surface area contributed by atoms with Gasteiger partial charge in [-0.3, -0.25) is 9.59 Å². The summed E-state index contributed by atoms with van der Waals surface area (Å²) in [5, 5.41) is 11.5. The summed E-state index contributed by atoms with van der Waals surface area (Å²) >= 11 is 0. The van der Waals surface area contributed by atoms with Gasteiger partial charge in [-0.25, -0.2) is 4.52 Å². The summed E-state index contributed by atoms with van der Waals surface area (Å²) in [5.41, 5.74) is 4.36. The molecule has 4 aromatic heterocycles. The lowest BCUT2D eigenvalue weighted by molar-refractivity contribution is 0.669. The molecule has 8 rings (SSSR count). The maximum atomic E-state index is 13.8. The Hall–Kier alpha value is -5.04. The smallest absolute Gasteiger partial charge is 0.303 e. The first-order valence-corrected chi connectivity index (χ1v) is 11.2. The van der Waals surface area contributed by atoms with Crippen LogP contribution in [0, 0.1) is 0 Å². The molecule has 0 fully saturated rings. The van der Waals surface area contributed by atoms with Gasteiger partial charge in [0, 0.05) is 16.2 Å². The molecule has 0 aliphatic heterocycles. The van der Waals surface area contributed by atoms with Gasteiger partial charge in [0.15, 0.2) is 5.52 Å². The molecule has 0 saturated carbocycles. The van der Waals surface area contributed by atoms with Crippen LogP contribution in [-0.2, 0) is 0 Å². The first-order valence-electron chi connectivity index (χ1n) is 11.2. The van der Waals surface area contributed by atoms with Crippen LogP contribution in [0.3, 0.4) is 0 Å². The lowest BCUT2D eigenvalue weighted by Crippen LogP contribution is -2.22. The van der Waals surface area contributed by atoms with Gasteiger partial charge in [0.25, 0.3) is 5.56 Å². The molecule has 0 aliphatic rings. The van der Waals surface area contributed by atoms with Crippen molar-refractivity contribution in [2.45, 2.75) is 0 Å². The van der Waals surface area contributed by atoms with Crippen molar-refractivity contribution in [2.24, 2.45) is 0 Å². The van der Waals surface area contributed by atoms with Crippen molar-refractivity contribution < 1.29 is 4.42 Å². The standard InChI is InChI=1S/C28H14N4O3/c33-27-24-16(15-10-6-14-22-23(15)18-8-2-4-13-21(18)35-22)9-5-12-20(24)31-26-17-7-1-3-11-19(17)29-30-25(26)28(34)32(27)31/h1-14H. The fraction of sp³-hybridized carbons (Fsp3) is 0. The predicted octanol–water partition coefficient (Wildman–Crippen LogP) is 5.01. The first kappa shape index (κ1) is 18.4. The molecule has 0 N–H and O–H groups in total. The Bertz CT molecular complexity index is 2270. The van der Waals surface area contributed by atoms with E-state index in [9.17, 15) is 9.59 Å². The molecular formula is C28H14N4O3. The lowest BCUT2D eigenvalue weighted by Gasteiger charge is -2.06. The molecule has 4 heterocycles. The molecule has 0 unspecified atom stereocenters. The van der Waals surface area contributed by atoms with E-state index in [1.165, 1.54) is 4.52 Å². The van der Waals surface area contributed by atoms with Crippen molar-refractivity contribution in [1.29, 1.82) is 0 Å². The van der Waals surface area contributed by atoms with E-state index >= 15 is 0 Å². The number of hydrogen-bond acceptors (Lipinski definition) is 5. The van der Waals surface area contributed by atoms with Gasteiger partial charge in [-0.1, -0.05) is 60.7 Å².